The maximum Gasteiger partial charge on any atom is 0.333 e. The summed E-state index contributed by atoms with van der Waals surface area (Å²) >= 11 is 0. The molecule has 10 heterocycles. The number of aromatic nitrogens is 8. The van der Waals surface area contributed by atoms with E-state index in [1.165, 1.54) is 42.3 Å². The normalized spacial score (nSPS) is 26.0. The quantitative estimate of drug-likeness (QED) is 0.121. The first-order chi connectivity index (χ1) is 45.5. The predicted molar refractivity (Wildman–Crippen MR) is 345 cm³/mol. The highest BCUT2D eigenvalue weighted by molar-refractivity contribution is 5.42. The van der Waals surface area contributed by atoms with E-state index >= 15 is 0 Å². The van der Waals surface area contributed by atoms with Gasteiger partial charge in [-0.25, -0.2) is 19.2 Å². The molecule has 6 aliphatic rings. The van der Waals surface area contributed by atoms with Crippen LogP contribution < -0.4 is 63.9 Å². The Morgan fingerprint density at radius 2 is 0.917 bits per heavy atom. The van der Waals surface area contributed by atoms with Crippen LogP contribution in [0.2, 0.25) is 0 Å². The molecule has 0 saturated carbocycles. The molecule has 6 aromatic rings. The van der Waals surface area contributed by atoms with Crippen LogP contribution >= 0.6 is 0 Å². The van der Waals surface area contributed by atoms with Crippen LogP contribution in [0.1, 0.15) is 132 Å². The summed E-state index contributed by atoms with van der Waals surface area (Å²) in [5.41, 5.74) is -0.119. The van der Waals surface area contributed by atoms with E-state index in [9.17, 15) is 43.5 Å². The van der Waals surface area contributed by atoms with Crippen LogP contribution in [0, 0.1) is 33.6 Å². The summed E-state index contributed by atoms with van der Waals surface area (Å²) in [5.74, 6) is 1.42. The summed E-state index contributed by atoms with van der Waals surface area (Å²) < 4.78 is 75.6. The van der Waals surface area contributed by atoms with Gasteiger partial charge in [0.05, 0.1) is 85.8 Å². The highest BCUT2D eigenvalue weighted by Gasteiger charge is 2.47. The van der Waals surface area contributed by atoms with Crippen molar-refractivity contribution in [2.45, 2.75) is 194 Å². The maximum atomic E-state index is 13.3. The van der Waals surface area contributed by atoms with Gasteiger partial charge in [-0.3, -0.25) is 56.5 Å². The van der Waals surface area contributed by atoms with E-state index < -0.39 is 65.1 Å². The number of hydrogen-bond donors (Lipinski definition) is 4. The Morgan fingerprint density at radius 3 is 1.30 bits per heavy atom. The van der Waals surface area contributed by atoms with Crippen molar-refractivity contribution < 1.29 is 67.1 Å². The van der Waals surface area contributed by atoms with Crippen molar-refractivity contribution >= 4 is 0 Å². The molecule has 4 N–H and O–H groups in total. The molecule has 524 valence electrons. The Bertz CT molecular complexity index is 4260. The third kappa shape index (κ3) is 16.2. The number of methoxy groups -OCH3 is 4. The van der Waals surface area contributed by atoms with E-state index in [4.69, 9.17) is 61.9 Å². The van der Waals surface area contributed by atoms with Gasteiger partial charge in [0.2, 0.25) is 0 Å². The van der Waals surface area contributed by atoms with Crippen LogP contribution in [-0.2, 0) is 51.0 Å². The van der Waals surface area contributed by atoms with Crippen LogP contribution in [0.15, 0.2) is 99.5 Å². The average Bonchev–Trinajstić information content (AvgIpc) is 1.52. The second-order valence-corrected chi connectivity index (χ2v) is 25.4. The highest BCUT2D eigenvalue weighted by Crippen LogP contribution is 2.39. The summed E-state index contributed by atoms with van der Waals surface area (Å²) in [5, 5.41) is 18.5. The van der Waals surface area contributed by atoms with Crippen molar-refractivity contribution in [2.24, 2.45) is 5.92 Å². The molecule has 30 heteroatoms. The van der Waals surface area contributed by atoms with E-state index in [1.807, 2.05) is 27.7 Å². The minimum absolute atomic E-state index is 0.0682. The zero-order valence-electron chi connectivity index (χ0n) is 56.5. The second-order valence-electron chi connectivity index (χ2n) is 25.4. The Hall–Kier alpha value is -8.04. The largest absolute Gasteiger partial charge is 0.497 e. The topological polar surface area (TPSA) is 349 Å². The minimum atomic E-state index is -0.816. The van der Waals surface area contributed by atoms with Gasteiger partial charge in [-0.15, -0.1) is 0 Å². The first-order valence-corrected chi connectivity index (χ1v) is 31.7. The minimum Gasteiger partial charge on any atom is -0.497 e. The fraction of sp³-hybridized carbons (Fsp3) is 0.576. The number of benzene rings is 2. The molecule has 30 nitrogen and oxygen atoms in total. The lowest BCUT2D eigenvalue weighted by Gasteiger charge is -2.36. The Morgan fingerprint density at radius 1 is 0.521 bits per heavy atom. The van der Waals surface area contributed by atoms with Crippen molar-refractivity contribution in [1.29, 1.82) is 0 Å². The summed E-state index contributed by atoms with van der Waals surface area (Å²) in [6, 6.07) is 10.6. The van der Waals surface area contributed by atoms with E-state index in [0.29, 0.717) is 82.8 Å². The number of hydrogen-bond acceptors (Lipinski definition) is 22. The first-order valence-electron chi connectivity index (χ1n) is 31.7. The van der Waals surface area contributed by atoms with Gasteiger partial charge in [-0.2, -0.15) is 0 Å². The van der Waals surface area contributed by atoms with Crippen molar-refractivity contribution in [3.05, 3.63) is 178 Å². The molecule has 0 amide bonds. The molecule has 12 atom stereocenters. The van der Waals surface area contributed by atoms with Crippen LogP contribution in [0.5, 0.6) is 23.0 Å². The molecule has 0 aliphatic carbocycles. The highest BCUT2D eigenvalue weighted by atomic mass is 16.7. The van der Waals surface area contributed by atoms with Gasteiger partial charge in [0, 0.05) is 89.6 Å². The lowest BCUT2D eigenvalue weighted by atomic mass is 10.0. The number of fused-ring (bicyclic) bond motifs is 2. The Kier molecular flexibility index (Phi) is 22.7. The number of nitrogens with one attached hydrogen (secondary N) is 2. The van der Waals surface area contributed by atoms with Crippen LogP contribution in [0.4, 0.5) is 0 Å². The molecular formula is C66H88N8O22. The zero-order valence-corrected chi connectivity index (χ0v) is 56.5. The van der Waals surface area contributed by atoms with E-state index in [-0.39, 0.29) is 85.2 Å². The predicted octanol–water partition coefficient (Wildman–Crippen LogP) is 3.31. The van der Waals surface area contributed by atoms with Gasteiger partial charge in [-0.1, -0.05) is 13.8 Å². The molecule has 12 unspecified atom stereocenters. The molecule has 6 saturated heterocycles. The SMILES string of the molecule is CCC1OC(n2cc(C)c(=O)n(Cc3ccc(OC)cc3OC)c2=O)CC1C.COc1ccc(Cn2c(=O)c(C)cn(C3CC4OC(C)(C)OCC4O3)c2=O)c(OC)c1.Cc1cn(C2CC(O)C(CO)O2)c(=O)[nH]c1=O.Cc1cn(C2CC3OC(C)(C)OCC3O2)c(=O)[nH]c1=O. The number of aryl methyl sites for hydroxylation is 4. The van der Waals surface area contributed by atoms with E-state index in [1.54, 1.807) is 102 Å². The van der Waals surface area contributed by atoms with Crippen molar-refractivity contribution in [3.8, 4) is 23.0 Å². The Labute approximate surface area is 551 Å². The van der Waals surface area contributed by atoms with E-state index in [2.05, 4.69) is 23.8 Å². The van der Waals surface area contributed by atoms with Crippen LogP contribution in [-0.4, -0.2) is 150 Å². The van der Waals surface area contributed by atoms with Crippen molar-refractivity contribution in [1.82, 2.24) is 37.4 Å². The van der Waals surface area contributed by atoms with Crippen molar-refractivity contribution in [2.75, 3.05) is 48.3 Å². The number of aliphatic hydroxyl groups excluding tert-OH is 2. The number of ether oxygens (including phenoxy) is 12. The molecule has 6 fully saturated rings. The van der Waals surface area contributed by atoms with Crippen molar-refractivity contribution in [3.63, 3.8) is 0 Å². The molecule has 12 rings (SSSR count). The monoisotopic (exact) mass is 1340 g/mol. The number of aliphatic hydroxyl groups is 2. The summed E-state index contributed by atoms with van der Waals surface area (Å²) in [6.07, 6.45) is 4.88. The van der Waals surface area contributed by atoms with Gasteiger partial charge in [0.1, 0.15) is 66.2 Å². The van der Waals surface area contributed by atoms with Gasteiger partial charge >= 0.3 is 22.8 Å². The van der Waals surface area contributed by atoms with Crippen LogP contribution in [0.25, 0.3) is 0 Å². The smallest absolute Gasteiger partial charge is 0.333 e. The fourth-order valence-corrected chi connectivity index (χ4v) is 12.4. The lowest BCUT2D eigenvalue weighted by molar-refractivity contribution is -0.294. The maximum absolute atomic E-state index is 13.3. The van der Waals surface area contributed by atoms with Gasteiger partial charge in [-0.05, 0) is 98.4 Å². The molecule has 96 heavy (non-hydrogen) atoms. The molecule has 6 aliphatic heterocycles. The summed E-state index contributed by atoms with van der Waals surface area (Å²) in [4.78, 5) is 102. The number of aromatic amines is 2. The molecular weight excluding hydrogens is 1260 g/mol. The van der Waals surface area contributed by atoms with Gasteiger partial charge in [0.25, 0.3) is 22.2 Å². The first kappa shape index (κ1) is 72.2. The summed E-state index contributed by atoms with van der Waals surface area (Å²) in [6.45, 7) is 19.0. The Balaban J connectivity index is 0.000000154. The lowest BCUT2D eigenvalue weighted by Crippen LogP contribution is -2.46. The standard InChI is InChI=1S/C22H28N2O7.C21H28N2O5.C13H18N2O5.C10H14N2O5/c1-13-10-23(19-9-17-18(30-19)12-29-22(2,3)31-17)21(26)24(20(13)25)11-14-6-7-15(27-4)8-16(14)28-5;1-6-17-13(2)9-19(28-17)22-11-14(3)20(24)23(21(22)25)12-15-7-8-16(26-4)10-18(15)27-5;1-7-5-15(12(17)14-11(7)16)10-4-8-9(19-10)6-18-13(2,3)20-8;1-5-3-12(10(16)11-9(5)15)8-2-6(14)7(4-13)17-8/h6-8,10,17-19H,9,11-12H2,1-5H3;7-8,10-11,13,17,19H,6,9,12H2,1-5H3;5,8-10H,4,6H2,1-3H3,(H,14,16,17);3,6-8,13-14H,2,4H2,1H3,(H,11,15,16). The molecule has 2 aromatic carbocycles. The zero-order chi connectivity index (χ0) is 69.8. The van der Waals surface area contributed by atoms with E-state index in [0.717, 1.165) is 18.4 Å². The number of nitrogens with zero attached hydrogens (tertiary/aromatic N) is 6. The van der Waals surface area contributed by atoms with Gasteiger partial charge < -0.3 is 67.1 Å². The van der Waals surface area contributed by atoms with Crippen LogP contribution in [0.3, 0.4) is 0 Å². The van der Waals surface area contributed by atoms with Gasteiger partial charge in [0.15, 0.2) is 11.6 Å². The molecule has 0 bridgehead atoms. The average molecular weight is 1350 g/mol. The third-order valence-electron chi connectivity index (χ3n) is 17.7. The molecule has 0 spiro atoms. The number of rotatable bonds is 14. The number of H-pyrrole nitrogens is 2. The third-order valence-corrected chi connectivity index (χ3v) is 17.7. The molecule has 4 aromatic heterocycles. The summed E-state index contributed by atoms with van der Waals surface area (Å²) in [7, 11) is 6.22. The second kappa shape index (κ2) is 30.2. The fourth-order valence-electron chi connectivity index (χ4n) is 12.4. The molecule has 0 radical (unpaired) electrons.